The first-order chi connectivity index (χ1) is 7.41. The first-order valence-electron chi connectivity index (χ1n) is 5.04. The van der Waals surface area contributed by atoms with Gasteiger partial charge in [0.15, 0.2) is 0 Å². The van der Waals surface area contributed by atoms with E-state index in [9.17, 15) is 4.79 Å². The highest BCUT2D eigenvalue weighted by atomic mass is 16.2. The summed E-state index contributed by atoms with van der Waals surface area (Å²) in [5.74, 6) is 0.00963. The molecule has 0 saturated heterocycles. The lowest BCUT2D eigenvalue weighted by molar-refractivity contribution is -0.129. The topological polar surface area (TPSA) is 84.4 Å². The van der Waals surface area contributed by atoms with E-state index in [1.807, 2.05) is 0 Å². The second kappa shape index (κ2) is 4.74. The van der Waals surface area contributed by atoms with Gasteiger partial charge in [-0.25, -0.2) is 0 Å². The zero-order valence-electron chi connectivity index (χ0n) is 9.82. The zero-order chi connectivity index (χ0) is 12.3. The number of nitrogens with zero attached hydrogens (tertiary/aromatic N) is 1. The van der Waals surface area contributed by atoms with Gasteiger partial charge >= 0.3 is 0 Å². The molecule has 0 fully saturated rings. The van der Waals surface area contributed by atoms with Crippen LogP contribution in [0.15, 0.2) is 18.2 Å². The molecule has 5 N–H and O–H groups in total. The number of carbonyl (C=O) groups excluding carboxylic acids is 1. The van der Waals surface area contributed by atoms with E-state index >= 15 is 0 Å². The Hall–Kier alpha value is -1.91. The van der Waals surface area contributed by atoms with Crippen molar-refractivity contribution in [3.63, 3.8) is 0 Å². The van der Waals surface area contributed by atoms with Gasteiger partial charge in [0.2, 0.25) is 5.91 Å². The van der Waals surface area contributed by atoms with Crippen molar-refractivity contribution in [2.75, 3.05) is 30.9 Å². The normalized spacial score (nSPS) is 11.9. The first kappa shape index (κ1) is 12.2. The molecular weight excluding hydrogens is 204 g/mol. The Balaban J connectivity index is 2.73. The van der Waals surface area contributed by atoms with Crippen molar-refractivity contribution in [1.29, 1.82) is 0 Å². The summed E-state index contributed by atoms with van der Waals surface area (Å²) >= 11 is 0. The number of hydrogen-bond acceptors (Lipinski definition) is 4. The maximum absolute atomic E-state index is 11.6. The number of nitrogens with one attached hydrogen (secondary N) is 1. The van der Waals surface area contributed by atoms with Crippen LogP contribution in [0.5, 0.6) is 0 Å². The van der Waals surface area contributed by atoms with Crippen molar-refractivity contribution >= 4 is 23.0 Å². The van der Waals surface area contributed by atoms with Gasteiger partial charge in [-0.3, -0.25) is 4.79 Å². The largest absolute Gasteiger partial charge is 0.397 e. The van der Waals surface area contributed by atoms with Crippen molar-refractivity contribution in [2.24, 2.45) is 0 Å². The lowest BCUT2D eigenvalue weighted by Gasteiger charge is -2.19. The number of likely N-dealkylation sites (N-methyl/N-ethyl adjacent to an activating group) is 1. The van der Waals surface area contributed by atoms with Crippen LogP contribution in [0.2, 0.25) is 0 Å². The lowest BCUT2D eigenvalue weighted by atomic mass is 10.2. The molecule has 1 amide bonds. The molecule has 88 valence electrons. The predicted molar refractivity (Wildman–Crippen MR) is 67.0 cm³/mol. The second-order valence-corrected chi connectivity index (χ2v) is 3.94. The van der Waals surface area contributed by atoms with Crippen LogP contribution in [0, 0.1) is 0 Å². The monoisotopic (exact) mass is 222 g/mol. The average molecular weight is 222 g/mol. The minimum Gasteiger partial charge on any atom is -0.397 e. The van der Waals surface area contributed by atoms with Crippen LogP contribution in [0.1, 0.15) is 6.92 Å². The van der Waals surface area contributed by atoms with Crippen molar-refractivity contribution in [3.05, 3.63) is 18.2 Å². The van der Waals surface area contributed by atoms with E-state index in [1.165, 1.54) is 0 Å². The molecule has 1 unspecified atom stereocenters. The summed E-state index contributed by atoms with van der Waals surface area (Å²) < 4.78 is 0. The van der Waals surface area contributed by atoms with Gasteiger partial charge in [0.1, 0.15) is 6.04 Å². The number of anilines is 3. The number of amides is 1. The molecule has 1 aromatic rings. The highest BCUT2D eigenvalue weighted by Crippen LogP contribution is 2.20. The van der Waals surface area contributed by atoms with Gasteiger partial charge < -0.3 is 21.7 Å². The van der Waals surface area contributed by atoms with Crippen LogP contribution in [0.25, 0.3) is 0 Å². The minimum absolute atomic E-state index is 0.00963. The van der Waals surface area contributed by atoms with Gasteiger partial charge in [-0.2, -0.15) is 0 Å². The van der Waals surface area contributed by atoms with Crippen LogP contribution in [-0.4, -0.2) is 30.9 Å². The van der Waals surface area contributed by atoms with Crippen molar-refractivity contribution < 1.29 is 4.79 Å². The molecule has 0 heterocycles. The summed E-state index contributed by atoms with van der Waals surface area (Å²) in [6, 6.07) is 4.93. The average Bonchev–Trinajstić information content (AvgIpc) is 2.22. The Kier molecular flexibility index (Phi) is 3.60. The number of rotatable bonds is 3. The van der Waals surface area contributed by atoms with Gasteiger partial charge in [-0.05, 0) is 25.1 Å². The molecule has 16 heavy (non-hydrogen) atoms. The third-order valence-corrected chi connectivity index (χ3v) is 2.28. The quantitative estimate of drug-likeness (QED) is 0.658. The fourth-order valence-corrected chi connectivity index (χ4v) is 1.36. The molecule has 0 aliphatic heterocycles. The predicted octanol–water partition coefficient (Wildman–Crippen LogP) is 0.740. The molecule has 0 saturated carbocycles. The highest BCUT2D eigenvalue weighted by Gasteiger charge is 2.14. The van der Waals surface area contributed by atoms with Gasteiger partial charge in [-0.1, -0.05) is 0 Å². The van der Waals surface area contributed by atoms with Gasteiger partial charge in [-0.15, -0.1) is 0 Å². The Morgan fingerprint density at radius 1 is 1.31 bits per heavy atom. The first-order valence-corrected chi connectivity index (χ1v) is 5.04. The summed E-state index contributed by atoms with van der Waals surface area (Å²) in [7, 11) is 3.44. The third kappa shape index (κ3) is 2.79. The van der Waals surface area contributed by atoms with Crippen molar-refractivity contribution in [2.45, 2.75) is 13.0 Å². The fourth-order valence-electron chi connectivity index (χ4n) is 1.36. The van der Waals surface area contributed by atoms with Crippen molar-refractivity contribution in [3.8, 4) is 0 Å². The lowest BCUT2D eigenvalue weighted by Crippen LogP contribution is -2.36. The van der Waals surface area contributed by atoms with Crippen LogP contribution in [0.4, 0.5) is 17.1 Å². The molecule has 0 aliphatic carbocycles. The summed E-state index contributed by atoms with van der Waals surface area (Å²) in [5, 5.41) is 3.06. The molecule has 1 aromatic carbocycles. The Labute approximate surface area is 95.4 Å². The summed E-state index contributed by atoms with van der Waals surface area (Å²) in [5.41, 5.74) is 13.1. The van der Waals surface area contributed by atoms with Gasteiger partial charge in [0, 0.05) is 19.8 Å². The van der Waals surface area contributed by atoms with Gasteiger partial charge in [0.25, 0.3) is 0 Å². The smallest absolute Gasteiger partial charge is 0.244 e. The summed E-state index contributed by atoms with van der Waals surface area (Å²) in [4.78, 5) is 13.1. The molecule has 5 nitrogen and oxygen atoms in total. The maximum atomic E-state index is 11.6. The highest BCUT2D eigenvalue weighted by molar-refractivity contribution is 5.84. The fraction of sp³-hybridized carbons (Fsp3) is 0.364. The van der Waals surface area contributed by atoms with Crippen molar-refractivity contribution in [1.82, 2.24) is 4.90 Å². The standard InChI is InChI=1S/C11H18N4O/c1-7(11(16)15(2)3)14-8-4-5-9(12)10(13)6-8/h4-7,14H,12-13H2,1-3H3. The molecule has 1 atom stereocenters. The molecule has 0 radical (unpaired) electrons. The number of nitrogen functional groups attached to an aromatic ring is 2. The van der Waals surface area contributed by atoms with Crippen LogP contribution in [-0.2, 0) is 4.79 Å². The van der Waals surface area contributed by atoms with E-state index in [0.717, 1.165) is 5.69 Å². The Bertz CT molecular complexity index is 390. The van der Waals surface area contributed by atoms with E-state index in [-0.39, 0.29) is 11.9 Å². The molecule has 0 aromatic heterocycles. The Morgan fingerprint density at radius 2 is 1.94 bits per heavy atom. The summed E-state index contributed by atoms with van der Waals surface area (Å²) in [6.07, 6.45) is 0. The van der Waals surface area contributed by atoms with E-state index in [0.29, 0.717) is 11.4 Å². The van der Waals surface area contributed by atoms with Gasteiger partial charge in [0.05, 0.1) is 11.4 Å². The van der Waals surface area contributed by atoms with E-state index < -0.39 is 0 Å². The molecular formula is C11H18N4O. The number of benzene rings is 1. The number of carbonyl (C=O) groups is 1. The van der Waals surface area contributed by atoms with E-state index in [1.54, 1.807) is 44.1 Å². The second-order valence-electron chi connectivity index (χ2n) is 3.94. The maximum Gasteiger partial charge on any atom is 0.244 e. The number of hydrogen-bond donors (Lipinski definition) is 3. The Morgan fingerprint density at radius 3 is 2.44 bits per heavy atom. The third-order valence-electron chi connectivity index (χ3n) is 2.28. The SMILES string of the molecule is CC(Nc1ccc(N)c(N)c1)C(=O)N(C)C. The molecule has 5 heteroatoms. The zero-order valence-corrected chi connectivity index (χ0v) is 9.82. The minimum atomic E-state index is -0.293. The van der Waals surface area contributed by atoms with E-state index in [4.69, 9.17) is 11.5 Å². The van der Waals surface area contributed by atoms with Crippen LogP contribution < -0.4 is 16.8 Å². The molecule has 1 rings (SSSR count). The molecule has 0 aliphatic rings. The van der Waals surface area contributed by atoms with E-state index in [2.05, 4.69) is 5.32 Å². The van der Waals surface area contributed by atoms with Crippen LogP contribution in [0.3, 0.4) is 0 Å². The molecule has 0 spiro atoms. The molecule has 0 bridgehead atoms. The van der Waals surface area contributed by atoms with Crippen LogP contribution >= 0.6 is 0 Å². The summed E-state index contributed by atoms with van der Waals surface area (Å²) in [6.45, 7) is 1.80. The number of nitrogens with two attached hydrogens (primary N) is 2.